The van der Waals surface area contributed by atoms with Crippen LogP contribution in [0.25, 0.3) is 0 Å². The molecule has 1 aromatic rings. The molecule has 1 aliphatic carbocycles. The third kappa shape index (κ3) is 6.28. The number of hydrogen-bond donors (Lipinski definition) is 1. The maximum Gasteiger partial charge on any atom is 0.326 e. The fraction of sp³-hybridized carbons (Fsp3) is 0.743. The maximum absolute atomic E-state index is 14.8. The summed E-state index contributed by atoms with van der Waals surface area (Å²) in [4.78, 5) is 43.0. The summed E-state index contributed by atoms with van der Waals surface area (Å²) in [5, 5.41) is 3.19. The summed E-state index contributed by atoms with van der Waals surface area (Å²) in [7, 11) is 0. The van der Waals surface area contributed by atoms with E-state index in [2.05, 4.69) is 33.0 Å². The number of fused-ring (bicyclic) bond motifs is 1. The molecule has 6 atom stereocenters. The average Bonchev–Trinajstić information content (AvgIpc) is 3.37. The zero-order valence-electron chi connectivity index (χ0n) is 30.5. The van der Waals surface area contributed by atoms with Gasteiger partial charge in [0.2, 0.25) is 5.91 Å². The van der Waals surface area contributed by atoms with E-state index >= 15 is 0 Å². The Kier molecular flexibility index (Phi) is 8.33. The molecule has 1 aliphatic heterocycles. The average molecular weight is 572 g/mol. The Morgan fingerprint density at radius 1 is 1.17 bits per heavy atom. The minimum absolute atomic E-state index is 0.00164. The highest BCUT2D eigenvalue weighted by Crippen LogP contribution is 2.60. The number of hydrogen-bond acceptors (Lipinski definition) is 5. The first-order valence-electron chi connectivity index (χ1n) is 16.8. The van der Waals surface area contributed by atoms with Gasteiger partial charge in [0, 0.05) is 10.2 Å². The van der Waals surface area contributed by atoms with Crippen molar-refractivity contribution in [1.29, 1.82) is 0 Å². The number of carbonyl (C=O) groups is 3. The van der Waals surface area contributed by atoms with Gasteiger partial charge in [0.05, 0.1) is 18.2 Å². The van der Waals surface area contributed by atoms with Crippen molar-refractivity contribution in [3.63, 3.8) is 0 Å². The van der Waals surface area contributed by atoms with Crippen LogP contribution in [0.15, 0.2) is 18.2 Å². The Balaban J connectivity index is 2.15. The van der Waals surface area contributed by atoms with Crippen molar-refractivity contribution >= 4 is 18.2 Å². The summed E-state index contributed by atoms with van der Waals surface area (Å²) >= 11 is 0. The number of aryl methyl sites for hydroxylation is 2. The monoisotopic (exact) mass is 571 g/mol. The molecule has 3 rings (SSSR count). The maximum atomic E-state index is 14.8. The van der Waals surface area contributed by atoms with E-state index in [4.69, 9.17) is 4.74 Å². The van der Waals surface area contributed by atoms with Crippen molar-refractivity contribution in [1.82, 2.24) is 10.2 Å². The quantitative estimate of drug-likeness (QED) is 0.235. The van der Waals surface area contributed by atoms with E-state index < -0.39 is 35.4 Å². The molecule has 230 valence electrons. The summed E-state index contributed by atoms with van der Waals surface area (Å²) in [5.74, 6) is -2.95. The second-order valence-corrected chi connectivity index (χ2v) is 14.6. The van der Waals surface area contributed by atoms with Crippen molar-refractivity contribution in [2.24, 2.45) is 22.7 Å². The first kappa shape index (κ1) is 28.9. The zero-order valence-corrected chi connectivity index (χ0v) is 27.5. The molecule has 0 radical (unpaired) electrons. The van der Waals surface area contributed by atoms with Crippen LogP contribution >= 0.6 is 0 Å². The van der Waals surface area contributed by atoms with Crippen molar-refractivity contribution in [2.45, 2.75) is 138 Å². The second kappa shape index (κ2) is 11.8. The Morgan fingerprint density at radius 2 is 1.80 bits per heavy atom. The Morgan fingerprint density at radius 3 is 2.34 bits per heavy atom. The van der Waals surface area contributed by atoms with Crippen LogP contribution in [0, 0.1) is 36.5 Å². The third-order valence-corrected chi connectivity index (χ3v) is 10.3. The summed E-state index contributed by atoms with van der Waals surface area (Å²) < 4.78 is 34.1. The molecule has 0 spiro atoms. The van der Waals surface area contributed by atoms with Crippen molar-refractivity contribution in [2.75, 3.05) is 6.61 Å². The van der Waals surface area contributed by atoms with Crippen molar-refractivity contribution in [3.8, 4) is 0 Å². The molecule has 1 heterocycles. The molecule has 1 unspecified atom stereocenters. The van der Waals surface area contributed by atoms with Gasteiger partial charge < -0.3 is 14.4 Å². The summed E-state index contributed by atoms with van der Waals surface area (Å²) in [6.45, 7) is 22.8. The van der Waals surface area contributed by atoms with Crippen LogP contribution in [0.4, 0.5) is 0 Å². The molecule has 1 saturated heterocycles. The number of ether oxygens (including phenoxy) is 1. The molecule has 1 saturated carbocycles. The van der Waals surface area contributed by atoms with Gasteiger partial charge in [-0.3, -0.25) is 14.9 Å². The van der Waals surface area contributed by atoms with E-state index in [0.717, 1.165) is 23.8 Å². The van der Waals surface area contributed by atoms with Crippen LogP contribution in [0.3, 0.4) is 0 Å². The molecule has 1 N–H and O–H groups in total. The summed E-state index contributed by atoms with van der Waals surface area (Å²) in [5.41, 5.74) is -1.56. The predicted octanol–water partition coefficient (Wildman–Crippen LogP) is 6.75. The lowest BCUT2D eigenvalue weighted by atomic mass is 9.68. The van der Waals surface area contributed by atoms with Crippen LogP contribution in [0.2, 0.25) is 0 Å². The van der Waals surface area contributed by atoms with Gasteiger partial charge in [-0.15, -0.1) is 0 Å². The first-order chi connectivity index (χ1) is 19.9. The standard InChI is InChI=1S/C35H56N2O4/c1-13-34(11,30(39)37-28(20-38)17-27-19-32(7,8)33(9,10)29(27)37)36-35(12,31(40)41-21-22(2)3)18-25(6)26-15-14-23(4)24(5)16-26/h14-16,20,22,25,27-29,36H,13,17-19,21H2,1-12H3/t25?,27-,28+,29-,34+,35+/m1/s1/i18D2,25D. The normalized spacial score (nSPS) is 28.9. The van der Waals surface area contributed by atoms with E-state index in [9.17, 15) is 18.5 Å². The van der Waals surface area contributed by atoms with Gasteiger partial charge in [0.1, 0.15) is 11.8 Å². The van der Waals surface area contributed by atoms with Gasteiger partial charge in [-0.1, -0.05) is 73.6 Å². The smallest absolute Gasteiger partial charge is 0.326 e. The van der Waals surface area contributed by atoms with Gasteiger partial charge >= 0.3 is 5.97 Å². The lowest BCUT2D eigenvalue weighted by Gasteiger charge is -2.47. The highest BCUT2D eigenvalue weighted by Gasteiger charge is 2.63. The largest absolute Gasteiger partial charge is 0.464 e. The lowest BCUT2D eigenvalue weighted by molar-refractivity contribution is -0.156. The molecule has 6 nitrogen and oxygen atoms in total. The number of esters is 1. The highest BCUT2D eigenvalue weighted by atomic mass is 16.5. The molecule has 1 amide bonds. The van der Waals surface area contributed by atoms with Crippen LogP contribution < -0.4 is 5.32 Å². The Bertz CT molecular complexity index is 1280. The number of benzene rings is 1. The number of rotatable bonds is 11. The third-order valence-electron chi connectivity index (χ3n) is 10.3. The molecule has 2 aliphatic rings. The van der Waals surface area contributed by atoms with Gasteiger partial charge in [-0.25, -0.2) is 0 Å². The SMILES string of the molecule is [2H]C(C)(c1ccc(C)c(C)c1)C([2H])([2H])[C@](C)(N[C@@](C)(CC)C(=O)N1[C@H](C=O)C[C@@H]2CC(C)(C)C(C)(C)[C@@H]21)C(=O)OCC(C)C. The lowest BCUT2D eigenvalue weighted by Crippen LogP contribution is -2.67. The first-order valence-corrected chi connectivity index (χ1v) is 15.3. The molecule has 0 bridgehead atoms. The summed E-state index contributed by atoms with van der Waals surface area (Å²) in [6, 6.07) is 4.57. The molecule has 6 heteroatoms. The van der Waals surface area contributed by atoms with Gasteiger partial charge in [-0.2, -0.15) is 0 Å². The molecular formula is C35H56N2O4. The second-order valence-electron chi connectivity index (χ2n) is 14.6. The molecule has 41 heavy (non-hydrogen) atoms. The van der Waals surface area contributed by atoms with Crippen LogP contribution in [-0.4, -0.2) is 52.8 Å². The minimum atomic E-state index is -2.56. The Hall–Kier alpha value is -2.21. The van der Waals surface area contributed by atoms with E-state index in [-0.39, 0.29) is 47.6 Å². The molecule has 0 aromatic heterocycles. The van der Waals surface area contributed by atoms with Crippen LogP contribution in [0.5, 0.6) is 0 Å². The highest BCUT2D eigenvalue weighted by molar-refractivity contribution is 5.91. The minimum Gasteiger partial charge on any atom is -0.464 e. The number of nitrogens with zero attached hydrogens (tertiary/aromatic N) is 1. The number of aldehydes is 1. The Labute approximate surface area is 253 Å². The van der Waals surface area contributed by atoms with Gasteiger partial charge in [0.15, 0.2) is 0 Å². The van der Waals surface area contributed by atoms with Crippen molar-refractivity contribution in [3.05, 3.63) is 34.9 Å². The van der Waals surface area contributed by atoms with E-state index in [1.807, 2.05) is 40.7 Å². The fourth-order valence-electron chi connectivity index (χ4n) is 6.91. The number of carbonyl (C=O) groups excluding carboxylic acids is 3. The number of amides is 1. The van der Waals surface area contributed by atoms with Gasteiger partial charge in [-0.05, 0) is 98.6 Å². The van der Waals surface area contributed by atoms with E-state index in [0.29, 0.717) is 12.0 Å². The number of nitrogens with one attached hydrogen (secondary N) is 1. The fourth-order valence-corrected chi connectivity index (χ4v) is 6.91. The molecule has 2 fully saturated rings. The van der Waals surface area contributed by atoms with E-state index in [1.54, 1.807) is 24.0 Å². The van der Waals surface area contributed by atoms with Crippen molar-refractivity contribution < 1.29 is 23.2 Å². The van der Waals surface area contributed by atoms with Crippen LogP contribution in [0.1, 0.15) is 122 Å². The number of likely N-dealkylation sites (tertiary alicyclic amines) is 1. The van der Waals surface area contributed by atoms with Crippen LogP contribution in [-0.2, 0) is 19.1 Å². The van der Waals surface area contributed by atoms with E-state index in [1.165, 1.54) is 13.8 Å². The molecular weight excluding hydrogens is 512 g/mol. The molecule has 1 aromatic carbocycles. The predicted molar refractivity (Wildman–Crippen MR) is 166 cm³/mol. The topological polar surface area (TPSA) is 75.7 Å². The zero-order chi connectivity index (χ0) is 33.8. The summed E-state index contributed by atoms with van der Waals surface area (Å²) in [6.07, 6.45) is -0.0106. The van der Waals surface area contributed by atoms with Gasteiger partial charge in [0.25, 0.3) is 0 Å².